The molecule has 0 aromatic heterocycles. The molecule has 1 unspecified atom stereocenters. The van der Waals surface area contributed by atoms with E-state index in [9.17, 15) is 0 Å². The first-order chi connectivity index (χ1) is 7.09. The Balaban J connectivity index is 2.25. The van der Waals surface area contributed by atoms with Gasteiger partial charge in [0.25, 0.3) is 0 Å². The molecule has 1 N–H and O–H groups in total. The van der Waals surface area contributed by atoms with Crippen molar-refractivity contribution in [3.63, 3.8) is 0 Å². The van der Waals surface area contributed by atoms with Crippen molar-refractivity contribution in [1.82, 2.24) is 5.32 Å². The van der Waals surface area contributed by atoms with Crippen LogP contribution in [0.3, 0.4) is 0 Å². The molecule has 1 atom stereocenters. The van der Waals surface area contributed by atoms with Crippen LogP contribution in [0.2, 0.25) is 0 Å². The molecule has 1 nitrogen and oxygen atoms in total. The second-order valence-corrected chi connectivity index (χ2v) is 5.42. The lowest BCUT2D eigenvalue weighted by molar-refractivity contribution is 0.219. The van der Waals surface area contributed by atoms with Crippen molar-refractivity contribution in [2.45, 2.75) is 33.1 Å². The molecule has 1 aromatic carbocycles. The Labute approximate surface area is 92.9 Å². The van der Waals surface area contributed by atoms with Gasteiger partial charge in [0.15, 0.2) is 0 Å². The second-order valence-electron chi connectivity index (χ2n) is 5.42. The van der Waals surface area contributed by atoms with Crippen molar-refractivity contribution in [2.24, 2.45) is 5.41 Å². The summed E-state index contributed by atoms with van der Waals surface area (Å²) in [4.78, 5) is 0. The van der Waals surface area contributed by atoms with Crippen molar-refractivity contribution in [1.29, 1.82) is 0 Å². The molecule has 1 saturated heterocycles. The minimum atomic E-state index is 0.382. The zero-order valence-corrected chi connectivity index (χ0v) is 10.0. The molecule has 0 bridgehead atoms. The third-order valence-electron chi connectivity index (χ3n) is 3.61. The van der Waals surface area contributed by atoms with Crippen LogP contribution in [-0.2, 0) is 0 Å². The largest absolute Gasteiger partial charge is 0.316 e. The van der Waals surface area contributed by atoms with Gasteiger partial charge in [-0.25, -0.2) is 0 Å². The van der Waals surface area contributed by atoms with Gasteiger partial charge < -0.3 is 5.32 Å². The average Bonchev–Trinajstić information content (AvgIpc) is 2.19. The Kier molecular flexibility index (Phi) is 2.83. The Morgan fingerprint density at radius 3 is 2.47 bits per heavy atom. The lowest BCUT2D eigenvalue weighted by Crippen LogP contribution is -2.41. The average molecular weight is 203 g/mol. The number of piperidine rings is 1. The summed E-state index contributed by atoms with van der Waals surface area (Å²) < 4.78 is 0. The lowest BCUT2D eigenvalue weighted by atomic mass is 9.71. The normalized spacial score (nSPS) is 25.1. The summed E-state index contributed by atoms with van der Waals surface area (Å²) in [7, 11) is 0. The van der Waals surface area contributed by atoms with E-state index in [4.69, 9.17) is 0 Å². The minimum absolute atomic E-state index is 0.382. The molecular formula is C14H21N. The molecule has 2 rings (SSSR count). The minimum Gasteiger partial charge on any atom is -0.316 e. The molecule has 0 aliphatic carbocycles. The fourth-order valence-corrected chi connectivity index (χ4v) is 2.59. The van der Waals surface area contributed by atoms with Crippen molar-refractivity contribution < 1.29 is 0 Å². The summed E-state index contributed by atoms with van der Waals surface area (Å²) in [6.45, 7) is 9.16. The van der Waals surface area contributed by atoms with Crippen molar-refractivity contribution >= 4 is 0 Å². The Hall–Kier alpha value is -0.820. The highest BCUT2D eigenvalue weighted by atomic mass is 14.9. The molecule has 0 spiro atoms. The molecule has 1 heterocycles. The maximum absolute atomic E-state index is 3.49. The van der Waals surface area contributed by atoms with E-state index >= 15 is 0 Å². The number of hydrogen-bond acceptors (Lipinski definition) is 1. The predicted octanol–water partition coefficient (Wildman–Crippen LogP) is 3.10. The highest BCUT2D eigenvalue weighted by Crippen LogP contribution is 2.39. The maximum Gasteiger partial charge on any atom is 0.000838 e. The summed E-state index contributed by atoms with van der Waals surface area (Å²) in [5.74, 6) is 0.708. The van der Waals surface area contributed by atoms with Crippen LogP contribution in [0.4, 0.5) is 0 Å². The van der Waals surface area contributed by atoms with E-state index < -0.39 is 0 Å². The van der Waals surface area contributed by atoms with Gasteiger partial charge in [0, 0.05) is 6.54 Å². The van der Waals surface area contributed by atoms with Crippen LogP contribution >= 0.6 is 0 Å². The molecule has 0 amide bonds. The van der Waals surface area contributed by atoms with Crippen LogP contribution in [0, 0.1) is 12.3 Å². The van der Waals surface area contributed by atoms with E-state index in [2.05, 4.69) is 50.4 Å². The zero-order valence-electron chi connectivity index (χ0n) is 10.0. The lowest BCUT2D eigenvalue weighted by Gasteiger charge is -2.39. The van der Waals surface area contributed by atoms with E-state index in [1.165, 1.54) is 17.5 Å². The van der Waals surface area contributed by atoms with Gasteiger partial charge in [-0.05, 0) is 36.8 Å². The predicted molar refractivity (Wildman–Crippen MR) is 65.2 cm³/mol. The van der Waals surface area contributed by atoms with Crippen molar-refractivity contribution in [3.05, 3.63) is 35.4 Å². The summed E-state index contributed by atoms with van der Waals surface area (Å²) in [5.41, 5.74) is 3.24. The molecule has 82 valence electrons. The van der Waals surface area contributed by atoms with Crippen LogP contribution in [0.15, 0.2) is 24.3 Å². The number of nitrogens with one attached hydrogen (secondary N) is 1. The highest BCUT2D eigenvalue weighted by molar-refractivity contribution is 5.26. The van der Waals surface area contributed by atoms with Crippen LogP contribution < -0.4 is 5.32 Å². The number of aryl methyl sites for hydroxylation is 1. The number of benzene rings is 1. The first-order valence-corrected chi connectivity index (χ1v) is 5.87. The standard InChI is InChI=1S/C14H21N/c1-11-4-6-12(7-5-11)13-8-9-15-10-14(13,2)3/h4-7,13,15H,8-10H2,1-3H3. The molecule has 1 aliphatic heterocycles. The van der Waals surface area contributed by atoms with Gasteiger partial charge in [0.05, 0.1) is 0 Å². The third-order valence-corrected chi connectivity index (χ3v) is 3.61. The first-order valence-electron chi connectivity index (χ1n) is 5.87. The second kappa shape index (κ2) is 3.97. The van der Waals surface area contributed by atoms with Crippen LogP contribution in [0.25, 0.3) is 0 Å². The summed E-state index contributed by atoms with van der Waals surface area (Å²) in [6, 6.07) is 9.06. The Bertz CT molecular complexity index is 324. The fraction of sp³-hybridized carbons (Fsp3) is 0.571. The molecule has 1 aliphatic rings. The SMILES string of the molecule is Cc1ccc(C2CCNCC2(C)C)cc1. The summed E-state index contributed by atoms with van der Waals surface area (Å²) >= 11 is 0. The zero-order chi connectivity index (χ0) is 10.9. The van der Waals surface area contributed by atoms with Crippen LogP contribution in [0.5, 0.6) is 0 Å². The fourth-order valence-electron chi connectivity index (χ4n) is 2.59. The molecule has 1 aromatic rings. The first kappa shape index (κ1) is 10.7. The Morgan fingerprint density at radius 1 is 1.20 bits per heavy atom. The van der Waals surface area contributed by atoms with E-state index in [0.29, 0.717) is 11.3 Å². The summed E-state index contributed by atoms with van der Waals surface area (Å²) in [5, 5.41) is 3.49. The van der Waals surface area contributed by atoms with Crippen LogP contribution in [0.1, 0.15) is 37.3 Å². The number of rotatable bonds is 1. The van der Waals surface area contributed by atoms with Gasteiger partial charge in [0.1, 0.15) is 0 Å². The topological polar surface area (TPSA) is 12.0 Å². The Morgan fingerprint density at radius 2 is 1.87 bits per heavy atom. The molecule has 1 heteroatoms. The quantitative estimate of drug-likeness (QED) is 0.739. The van der Waals surface area contributed by atoms with Crippen LogP contribution in [-0.4, -0.2) is 13.1 Å². The van der Waals surface area contributed by atoms with Gasteiger partial charge in [-0.2, -0.15) is 0 Å². The molecule has 0 radical (unpaired) electrons. The van der Waals surface area contributed by atoms with E-state index in [0.717, 1.165) is 13.1 Å². The monoisotopic (exact) mass is 203 g/mol. The smallest absolute Gasteiger partial charge is 0.000838 e. The van der Waals surface area contributed by atoms with E-state index in [1.807, 2.05) is 0 Å². The van der Waals surface area contributed by atoms with Gasteiger partial charge in [-0.15, -0.1) is 0 Å². The van der Waals surface area contributed by atoms with Gasteiger partial charge >= 0.3 is 0 Å². The van der Waals surface area contributed by atoms with Gasteiger partial charge in [-0.3, -0.25) is 0 Å². The van der Waals surface area contributed by atoms with Gasteiger partial charge in [-0.1, -0.05) is 43.7 Å². The van der Waals surface area contributed by atoms with Crippen molar-refractivity contribution in [3.8, 4) is 0 Å². The molecule has 1 fully saturated rings. The third kappa shape index (κ3) is 2.23. The van der Waals surface area contributed by atoms with Crippen molar-refractivity contribution in [2.75, 3.05) is 13.1 Å². The van der Waals surface area contributed by atoms with E-state index in [1.54, 1.807) is 0 Å². The maximum atomic E-state index is 3.49. The molecular weight excluding hydrogens is 182 g/mol. The molecule has 15 heavy (non-hydrogen) atoms. The molecule has 0 saturated carbocycles. The number of hydrogen-bond donors (Lipinski definition) is 1. The van der Waals surface area contributed by atoms with Gasteiger partial charge in [0.2, 0.25) is 0 Å². The highest BCUT2D eigenvalue weighted by Gasteiger charge is 2.32. The summed E-state index contributed by atoms with van der Waals surface area (Å²) in [6.07, 6.45) is 1.26. The van der Waals surface area contributed by atoms with E-state index in [-0.39, 0.29) is 0 Å².